The summed E-state index contributed by atoms with van der Waals surface area (Å²) in [5, 5.41) is 9.59. The van der Waals surface area contributed by atoms with Gasteiger partial charge in [0.05, 0.1) is 15.6 Å². The van der Waals surface area contributed by atoms with Gasteiger partial charge in [0.2, 0.25) is 0 Å². The van der Waals surface area contributed by atoms with E-state index in [4.69, 9.17) is 23.2 Å². The lowest BCUT2D eigenvalue weighted by molar-refractivity contribution is 0.103. The highest BCUT2D eigenvalue weighted by Gasteiger charge is 2.19. The average Bonchev–Trinajstić information content (AvgIpc) is 3.12. The summed E-state index contributed by atoms with van der Waals surface area (Å²) in [6.07, 6.45) is 0. The fourth-order valence-corrected chi connectivity index (χ4v) is 3.38. The van der Waals surface area contributed by atoms with Crippen molar-refractivity contribution in [1.29, 1.82) is 0 Å². The molecule has 0 aliphatic carbocycles. The third kappa shape index (κ3) is 3.08. The van der Waals surface area contributed by atoms with Gasteiger partial charge < -0.3 is 5.32 Å². The Balaban J connectivity index is 1.90. The van der Waals surface area contributed by atoms with Crippen molar-refractivity contribution in [3.63, 3.8) is 0 Å². The molecule has 21 heavy (non-hydrogen) atoms. The molecule has 2 heterocycles. The summed E-state index contributed by atoms with van der Waals surface area (Å²) >= 11 is 14.5. The average molecular weight is 356 g/mol. The van der Waals surface area contributed by atoms with Crippen LogP contribution in [0, 0.1) is 0 Å². The second kappa shape index (κ2) is 6.11. The highest BCUT2D eigenvalue weighted by molar-refractivity contribution is 7.14. The van der Waals surface area contributed by atoms with Crippen LogP contribution in [0.25, 0.3) is 10.6 Å². The van der Waals surface area contributed by atoms with Gasteiger partial charge in [0.15, 0.2) is 0 Å². The number of nitrogens with zero attached hydrogens (tertiary/aromatic N) is 2. The van der Waals surface area contributed by atoms with E-state index in [2.05, 4.69) is 14.9 Å². The van der Waals surface area contributed by atoms with E-state index in [1.165, 1.54) is 11.3 Å². The molecule has 0 atom stereocenters. The standard InChI is InChI=1S/C13H7Cl2N3OS2/c14-7-3-4-8(15)9(6-7)16-13(19)12-11(17-18-21-12)10-2-1-5-20-10/h1-6H,(H,16,19). The topological polar surface area (TPSA) is 54.9 Å². The van der Waals surface area contributed by atoms with E-state index in [1.54, 1.807) is 18.2 Å². The Bertz CT molecular complexity index is 787. The molecule has 0 spiro atoms. The Morgan fingerprint density at radius 3 is 2.86 bits per heavy atom. The zero-order chi connectivity index (χ0) is 14.8. The fraction of sp³-hybridized carbons (Fsp3) is 0. The molecule has 0 saturated heterocycles. The highest BCUT2D eigenvalue weighted by atomic mass is 35.5. The van der Waals surface area contributed by atoms with Gasteiger partial charge in [-0.25, -0.2) is 0 Å². The van der Waals surface area contributed by atoms with E-state index >= 15 is 0 Å². The maximum absolute atomic E-state index is 12.4. The van der Waals surface area contributed by atoms with Crippen LogP contribution in [0.5, 0.6) is 0 Å². The van der Waals surface area contributed by atoms with Crippen LogP contribution in [0.1, 0.15) is 9.67 Å². The Labute approximate surface area is 138 Å². The summed E-state index contributed by atoms with van der Waals surface area (Å²) in [6.45, 7) is 0. The largest absolute Gasteiger partial charge is 0.320 e. The van der Waals surface area contributed by atoms with Gasteiger partial charge in [0.1, 0.15) is 10.6 Å². The molecule has 0 radical (unpaired) electrons. The Morgan fingerprint density at radius 2 is 2.10 bits per heavy atom. The smallest absolute Gasteiger partial charge is 0.269 e. The number of hydrogen-bond acceptors (Lipinski definition) is 5. The molecular weight excluding hydrogens is 349 g/mol. The third-order valence-corrected chi connectivity index (χ3v) is 4.79. The number of hydrogen-bond donors (Lipinski definition) is 1. The molecule has 8 heteroatoms. The van der Waals surface area contributed by atoms with Gasteiger partial charge in [-0.05, 0) is 41.2 Å². The predicted molar refractivity (Wildman–Crippen MR) is 87.6 cm³/mol. The zero-order valence-electron chi connectivity index (χ0n) is 10.3. The van der Waals surface area contributed by atoms with Crippen molar-refractivity contribution in [2.45, 2.75) is 0 Å². The van der Waals surface area contributed by atoms with Crippen LogP contribution in [0.2, 0.25) is 10.0 Å². The molecule has 3 rings (SSSR count). The number of thiophene rings is 1. The summed E-state index contributed by atoms with van der Waals surface area (Å²) in [6, 6.07) is 8.68. The molecule has 4 nitrogen and oxygen atoms in total. The molecule has 2 aromatic heterocycles. The van der Waals surface area contributed by atoms with Crippen LogP contribution in [0.15, 0.2) is 35.7 Å². The summed E-state index contributed by atoms with van der Waals surface area (Å²) < 4.78 is 3.86. The first kappa shape index (κ1) is 14.5. The van der Waals surface area contributed by atoms with Crippen molar-refractivity contribution in [1.82, 2.24) is 9.59 Å². The number of carbonyl (C=O) groups excluding carboxylic acids is 1. The number of rotatable bonds is 3. The molecule has 0 saturated carbocycles. The number of halogens is 2. The van der Waals surface area contributed by atoms with Crippen LogP contribution in [-0.4, -0.2) is 15.5 Å². The minimum Gasteiger partial charge on any atom is -0.320 e. The number of anilines is 1. The van der Waals surface area contributed by atoms with Gasteiger partial charge in [-0.15, -0.1) is 16.4 Å². The van der Waals surface area contributed by atoms with Crippen molar-refractivity contribution in [2.24, 2.45) is 0 Å². The van der Waals surface area contributed by atoms with Gasteiger partial charge in [-0.2, -0.15) is 0 Å². The molecular formula is C13H7Cl2N3OS2. The molecule has 0 aliphatic heterocycles. The number of amides is 1. The lowest BCUT2D eigenvalue weighted by Crippen LogP contribution is -2.11. The summed E-state index contributed by atoms with van der Waals surface area (Å²) in [7, 11) is 0. The second-order valence-corrected chi connectivity index (χ2v) is 6.55. The quantitative estimate of drug-likeness (QED) is 0.732. The van der Waals surface area contributed by atoms with Gasteiger partial charge in [-0.1, -0.05) is 33.8 Å². The first-order chi connectivity index (χ1) is 10.1. The minimum absolute atomic E-state index is 0.308. The second-order valence-electron chi connectivity index (χ2n) is 4.01. The molecule has 0 aliphatic rings. The Hall–Kier alpha value is -1.47. The van der Waals surface area contributed by atoms with Crippen LogP contribution in [-0.2, 0) is 0 Å². The first-order valence-corrected chi connectivity index (χ1v) is 8.18. The van der Waals surface area contributed by atoms with E-state index in [1.807, 2.05) is 17.5 Å². The molecule has 0 unspecified atom stereocenters. The van der Waals surface area contributed by atoms with Crippen molar-refractivity contribution >= 4 is 57.7 Å². The van der Waals surface area contributed by atoms with Gasteiger partial charge >= 0.3 is 0 Å². The van der Waals surface area contributed by atoms with E-state index in [9.17, 15) is 4.79 Å². The molecule has 106 valence electrons. The highest BCUT2D eigenvalue weighted by Crippen LogP contribution is 2.30. The Morgan fingerprint density at radius 1 is 1.24 bits per heavy atom. The van der Waals surface area contributed by atoms with Gasteiger partial charge in [0, 0.05) is 5.02 Å². The molecule has 3 aromatic rings. The maximum atomic E-state index is 12.4. The van der Waals surface area contributed by atoms with E-state index in [0.29, 0.717) is 26.3 Å². The molecule has 1 amide bonds. The van der Waals surface area contributed by atoms with Gasteiger partial charge in [-0.3, -0.25) is 4.79 Å². The molecule has 0 bridgehead atoms. The third-order valence-electron chi connectivity index (χ3n) is 2.63. The van der Waals surface area contributed by atoms with E-state index < -0.39 is 0 Å². The minimum atomic E-state index is -0.308. The van der Waals surface area contributed by atoms with E-state index in [0.717, 1.165) is 16.4 Å². The fourth-order valence-electron chi connectivity index (χ4n) is 1.69. The summed E-state index contributed by atoms with van der Waals surface area (Å²) in [5.74, 6) is -0.308. The van der Waals surface area contributed by atoms with E-state index in [-0.39, 0.29) is 5.91 Å². The number of nitrogens with one attached hydrogen (secondary N) is 1. The van der Waals surface area contributed by atoms with Crippen molar-refractivity contribution in [2.75, 3.05) is 5.32 Å². The first-order valence-electron chi connectivity index (χ1n) is 5.78. The number of aromatic nitrogens is 2. The molecule has 1 N–H and O–H groups in total. The zero-order valence-corrected chi connectivity index (χ0v) is 13.5. The lowest BCUT2D eigenvalue weighted by atomic mass is 10.2. The van der Waals surface area contributed by atoms with Crippen molar-refractivity contribution < 1.29 is 4.79 Å². The number of benzene rings is 1. The SMILES string of the molecule is O=C(Nc1cc(Cl)ccc1Cl)c1snnc1-c1cccs1. The lowest BCUT2D eigenvalue weighted by Gasteiger charge is -2.06. The monoisotopic (exact) mass is 355 g/mol. The summed E-state index contributed by atoms with van der Waals surface area (Å²) in [4.78, 5) is 13.7. The normalized spacial score (nSPS) is 10.6. The molecule has 0 fully saturated rings. The van der Waals surface area contributed by atoms with Crippen molar-refractivity contribution in [3.05, 3.63) is 50.6 Å². The Kier molecular flexibility index (Phi) is 4.21. The molecule has 1 aromatic carbocycles. The van der Waals surface area contributed by atoms with Crippen molar-refractivity contribution in [3.8, 4) is 10.6 Å². The van der Waals surface area contributed by atoms with Crippen LogP contribution in [0.4, 0.5) is 5.69 Å². The van der Waals surface area contributed by atoms with Crippen LogP contribution in [0.3, 0.4) is 0 Å². The maximum Gasteiger partial charge on any atom is 0.269 e. The van der Waals surface area contributed by atoms with Crippen LogP contribution >= 0.6 is 46.1 Å². The number of carbonyl (C=O) groups is 1. The predicted octanol–water partition coefficient (Wildman–Crippen LogP) is 4.83. The van der Waals surface area contributed by atoms with Crippen LogP contribution < -0.4 is 5.32 Å². The summed E-state index contributed by atoms with van der Waals surface area (Å²) in [5.41, 5.74) is 1.03. The van der Waals surface area contributed by atoms with Gasteiger partial charge in [0.25, 0.3) is 5.91 Å².